The highest BCUT2D eigenvalue weighted by Crippen LogP contribution is 2.69. The fourth-order valence-corrected chi connectivity index (χ4v) is 14.0. The molecule has 3 nitrogen and oxygen atoms in total. The average molecular weight is 746 g/mol. The number of fused-ring (bicyclic) bond motifs is 9. The van der Waals surface area contributed by atoms with E-state index in [4.69, 9.17) is 0 Å². The van der Waals surface area contributed by atoms with Gasteiger partial charge in [-0.3, -0.25) is 0 Å². The summed E-state index contributed by atoms with van der Waals surface area (Å²) < 4.78 is 2.50. The van der Waals surface area contributed by atoms with Crippen molar-refractivity contribution < 1.29 is 0 Å². The maximum atomic E-state index is 2.71. The monoisotopic (exact) mass is 745 g/mol. The fraction of sp³-hybridized carbons (Fsp3) is 0.222. The molecule has 0 N–H and O–H groups in total. The zero-order valence-electron chi connectivity index (χ0n) is 32.9. The largest absolute Gasteiger partial charge is 0.311 e. The second-order valence-electron chi connectivity index (χ2n) is 18.4. The number of para-hydroxylation sites is 4. The van der Waals surface area contributed by atoms with Gasteiger partial charge in [-0.15, -0.1) is 0 Å². The molecule has 4 bridgehead atoms. The van der Waals surface area contributed by atoms with Gasteiger partial charge in [0.05, 0.1) is 16.7 Å². The maximum Gasteiger partial charge on any atom is 0.252 e. The first-order chi connectivity index (χ1) is 28.7. The third kappa shape index (κ3) is 3.88. The Morgan fingerprint density at radius 2 is 1.12 bits per heavy atom. The molecule has 3 aliphatic heterocycles. The Morgan fingerprint density at radius 3 is 1.84 bits per heavy atom. The highest BCUT2D eigenvalue weighted by atomic mass is 15.2. The van der Waals surface area contributed by atoms with Crippen molar-refractivity contribution >= 4 is 79.0 Å². The Bertz CT molecular complexity index is 2970. The van der Waals surface area contributed by atoms with Crippen molar-refractivity contribution in [2.24, 2.45) is 23.7 Å². The minimum atomic E-state index is 0.0658. The van der Waals surface area contributed by atoms with Crippen LogP contribution in [0.5, 0.6) is 0 Å². The molecule has 0 atom stereocenters. The number of nitrogens with zero attached hydrogens (tertiary/aromatic N) is 3. The molecule has 4 heteroatoms. The molecule has 8 aromatic rings. The Kier molecular flexibility index (Phi) is 6.27. The standard InChI is InChI=1S/C54H44BN3/c1-2-33-21-23-38(24-22-33)56-49-26-25-39(57-46-16-6-3-11-40(46)41-12-4-7-17-47(41)57)32-45(49)55-44-15-9-14-43-53(44)58(51-20-10-19-50(56)52(51)55)48-18-8-5-13-42(48)54(43)36-28-34-27-35(30-36)31-37(54)29-34/h3-26,32,34-37H,2,27-31H2,1H3. The lowest BCUT2D eigenvalue weighted by molar-refractivity contribution is -0.0419. The first-order valence-electron chi connectivity index (χ1n) is 21.9. The molecule has 15 rings (SSSR count). The van der Waals surface area contributed by atoms with Crippen LogP contribution in [0.2, 0.25) is 0 Å². The number of benzene rings is 7. The zero-order chi connectivity index (χ0) is 37.9. The average Bonchev–Trinajstić information content (AvgIpc) is 3.61. The number of hydrogen-bond donors (Lipinski definition) is 0. The molecular weight excluding hydrogens is 701 g/mol. The molecule has 0 radical (unpaired) electrons. The van der Waals surface area contributed by atoms with E-state index in [-0.39, 0.29) is 12.1 Å². The molecule has 0 saturated heterocycles. The van der Waals surface area contributed by atoms with Gasteiger partial charge in [-0.1, -0.05) is 97.9 Å². The van der Waals surface area contributed by atoms with Crippen molar-refractivity contribution in [3.05, 3.63) is 168 Å². The van der Waals surface area contributed by atoms with Crippen molar-refractivity contribution in [2.45, 2.75) is 50.9 Å². The summed E-state index contributed by atoms with van der Waals surface area (Å²) in [6.45, 7) is 2.33. The fourth-order valence-electron chi connectivity index (χ4n) is 14.0. The third-order valence-corrected chi connectivity index (χ3v) is 15.9. The molecule has 0 unspecified atom stereocenters. The van der Waals surface area contributed by atoms with E-state index >= 15 is 0 Å². The Labute approximate surface area is 340 Å². The molecular formula is C54H44BN3. The minimum absolute atomic E-state index is 0.0658. The van der Waals surface area contributed by atoms with Crippen molar-refractivity contribution in [2.75, 3.05) is 9.80 Å². The van der Waals surface area contributed by atoms with Crippen LogP contribution in [0.3, 0.4) is 0 Å². The lowest BCUT2D eigenvalue weighted by Crippen LogP contribution is -2.64. The normalized spacial score (nSPS) is 24.0. The van der Waals surface area contributed by atoms with Crippen molar-refractivity contribution in [3.63, 3.8) is 0 Å². The molecule has 4 fully saturated rings. The minimum Gasteiger partial charge on any atom is -0.311 e. The number of hydrogen-bond acceptors (Lipinski definition) is 2. The number of anilines is 6. The second-order valence-corrected chi connectivity index (χ2v) is 18.4. The van der Waals surface area contributed by atoms with Gasteiger partial charge in [0.25, 0.3) is 6.71 Å². The first kappa shape index (κ1) is 32.0. The van der Waals surface area contributed by atoms with Gasteiger partial charge in [-0.2, -0.15) is 0 Å². The molecule has 0 amide bonds. The predicted molar refractivity (Wildman–Crippen MR) is 242 cm³/mol. The molecule has 58 heavy (non-hydrogen) atoms. The van der Waals surface area contributed by atoms with E-state index in [2.05, 4.69) is 173 Å². The Hall–Kier alpha value is -6.00. The molecule has 1 spiro atoms. The van der Waals surface area contributed by atoms with Crippen molar-refractivity contribution in [1.29, 1.82) is 0 Å². The Balaban J connectivity index is 1.07. The summed E-state index contributed by atoms with van der Waals surface area (Å²) >= 11 is 0. The van der Waals surface area contributed by atoms with Crippen molar-refractivity contribution in [1.82, 2.24) is 4.57 Å². The van der Waals surface area contributed by atoms with E-state index in [1.54, 1.807) is 11.1 Å². The molecule has 4 saturated carbocycles. The van der Waals surface area contributed by atoms with Gasteiger partial charge >= 0.3 is 0 Å². The Morgan fingerprint density at radius 1 is 0.517 bits per heavy atom. The van der Waals surface area contributed by atoms with Crippen LogP contribution >= 0.6 is 0 Å². The zero-order valence-corrected chi connectivity index (χ0v) is 32.9. The SMILES string of the molecule is CCc1ccc(N2c3ccc(-n4c5ccccc5c5ccccc54)cc3B3c4cccc5c4N(c4ccccc4C54C5CC6CC(C5)CC4C6)c4cccc2c43)cc1. The van der Waals surface area contributed by atoms with E-state index in [1.807, 2.05) is 0 Å². The smallest absolute Gasteiger partial charge is 0.252 e. The van der Waals surface area contributed by atoms with Crippen molar-refractivity contribution in [3.8, 4) is 5.69 Å². The van der Waals surface area contributed by atoms with Crippen LogP contribution in [0.25, 0.3) is 27.5 Å². The summed E-state index contributed by atoms with van der Waals surface area (Å²) in [5, 5.41) is 2.59. The van der Waals surface area contributed by atoms with E-state index in [9.17, 15) is 0 Å². The molecule has 1 aromatic heterocycles. The van der Waals surface area contributed by atoms with Crippen LogP contribution < -0.4 is 26.2 Å². The number of aromatic nitrogens is 1. The molecule has 278 valence electrons. The summed E-state index contributed by atoms with van der Waals surface area (Å²) in [5.74, 6) is 3.22. The molecule has 7 aliphatic rings. The lowest BCUT2D eigenvalue weighted by atomic mass is 9.32. The van der Waals surface area contributed by atoms with Crippen LogP contribution in [0.1, 0.15) is 55.7 Å². The van der Waals surface area contributed by atoms with E-state index in [0.717, 1.165) is 18.3 Å². The van der Waals surface area contributed by atoms with Gasteiger partial charge in [0.2, 0.25) is 0 Å². The van der Waals surface area contributed by atoms with E-state index in [1.165, 1.54) is 116 Å². The summed E-state index contributed by atoms with van der Waals surface area (Å²) in [6, 6.07) is 58.8. The summed E-state index contributed by atoms with van der Waals surface area (Å²) in [4.78, 5) is 5.27. The van der Waals surface area contributed by atoms with Crippen LogP contribution in [-0.4, -0.2) is 11.3 Å². The van der Waals surface area contributed by atoms with Crippen LogP contribution in [0.4, 0.5) is 34.1 Å². The van der Waals surface area contributed by atoms with Gasteiger partial charge in [0.1, 0.15) is 0 Å². The van der Waals surface area contributed by atoms with Gasteiger partial charge in [-0.05, 0) is 156 Å². The highest BCUT2D eigenvalue weighted by molar-refractivity contribution is 7.00. The van der Waals surface area contributed by atoms with Gasteiger partial charge in [-0.25, -0.2) is 0 Å². The van der Waals surface area contributed by atoms with E-state index in [0.29, 0.717) is 11.8 Å². The lowest BCUT2D eigenvalue weighted by Gasteiger charge is -2.64. The molecule has 4 aliphatic carbocycles. The van der Waals surface area contributed by atoms with Crippen LogP contribution in [0.15, 0.2) is 152 Å². The quantitative estimate of drug-likeness (QED) is 0.167. The topological polar surface area (TPSA) is 11.4 Å². The maximum absolute atomic E-state index is 2.71. The highest BCUT2D eigenvalue weighted by Gasteiger charge is 2.62. The van der Waals surface area contributed by atoms with Gasteiger partial charge in [0, 0.05) is 50.3 Å². The van der Waals surface area contributed by atoms with Crippen LogP contribution in [-0.2, 0) is 11.8 Å². The molecule has 4 heterocycles. The van der Waals surface area contributed by atoms with Crippen LogP contribution in [0, 0.1) is 23.7 Å². The number of rotatable bonds is 3. The summed E-state index contributed by atoms with van der Waals surface area (Å²) in [7, 11) is 0. The van der Waals surface area contributed by atoms with Gasteiger partial charge < -0.3 is 14.4 Å². The van der Waals surface area contributed by atoms with E-state index < -0.39 is 0 Å². The second kappa shape index (κ2) is 11.3. The number of aryl methyl sites for hydroxylation is 1. The first-order valence-corrected chi connectivity index (χ1v) is 21.9. The third-order valence-electron chi connectivity index (χ3n) is 15.9. The summed E-state index contributed by atoms with van der Waals surface area (Å²) in [6.07, 6.45) is 8.01. The molecule has 7 aromatic carbocycles. The predicted octanol–water partition coefficient (Wildman–Crippen LogP) is 11.5. The van der Waals surface area contributed by atoms with Gasteiger partial charge in [0.15, 0.2) is 0 Å². The summed E-state index contributed by atoms with van der Waals surface area (Å²) in [5.41, 5.74) is 20.6.